The second-order valence-electron chi connectivity index (χ2n) is 3.26. The molecule has 6 heteroatoms. The monoisotopic (exact) mass is 286 g/mol. The molecule has 0 aromatic heterocycles. The first-order valence-electron chi connectivity index (χ1n) is 4.50. The van der Waals surface area contributed by atoms with Crippen LogP contribution in [0.5, 0.6) is 0 Å². The Balaban J connectivity index is 2.91. The molecule has 5 nitrogen and oxygen atoms in total. The maximum Gasteiger partial charge on any atom is 0.325 e. The van der Waals surface area contributed by atoms with Gasteiger partial charge in [0.15, 0.2) is 0 Å². The summed E-state index contributed by atoms with van der Waals surface area (Å²) in [6.07, 6.45) is 0. The molecule has 0 aliphatic carbocycles. The number of amides is 1. The van der Waals surface area contributed by atoms with Crippen LogP contribution in [0.3, 0.4) is 0 Å². The van der Waals surface area contributed by atoms with Gasteiger partial charge in [0.2, 0.25) is 5.91 Å². The molecule has 16 heavy (non-hydrogen) atoms. The van der Waals surface area contributed by atoms with Gasteiger partial charge in [0.05, 0.1) is 0 Å². The lowest BCUT2D eigenvalue weighted by atomic mass is 10.2. The van der Waals surface area contributed by atoms with Crippen molar-refractivity contribution in [3.8, 4) is 0 Å². The van der Waals surface area contributed by atoms with E-state index in [9.17, 15) is 9.59 Å². The summed E-state index contributed by atoms with van der Waals surface area (Å²) < 4.78 is 0.594. The van der Waals surface area contributed by atoms with Gasteiger partial charge in [-0.1, -0.05) is 0 Å². The molecule has 0 aliphatic rings. The minimum atomic E-state index is -0.953. The number of carbonyl (C=O) groups is 2. The molecule has 0 heterocycles. The van der Waals surface area contributed by atoms with Crippen LogP contribution in [0.15, 0.2) is 22.7 Å². The van der Waals surface area contributed by atoms with Crippen LogP contribution in [0.25, 0.3) is 0 Å². The maximum absolute atomic E-state index is 10.9. The number of carboxylic acids is 1. The molecule has 0 radical (unpaired) electrons. The minimum absolute atomic E-state index is 0.361. The van der Waals surface area contributed by atoms with Crippen molar-refractivity contribution in [2.75, 3.05) is 5.32 Å². The predicted molar refractivity (Wildman–Crippen MR) is 63.4 cm³/mol. The van der Waals surface area contributed by atoms with E-state index in [-0.39, 0.29) is 0 Å². The lowest BCUT2D eigenvalue weighted by molar-refractivity contribution is -0.137. The molecule has 1 aromatic rings. The zero-order valence-corrected chi connectivity index (χ0v) is 10.1. The molecular formula is C10H11BrN2O3. The third-order valence-electron chi connectivity index (χ3n) is 2.00. The van der Waals surface area contributed by atoms with Crippen molar-refractivity contribution in [2.45, 2.75) is 13.0 Å². The van der Waals surface area contributed by atoms with Gasteiger partial charge in [-0.15, -0.1) is 0 Å². The molecule has 1 aromatic carbocycles. The normalized spacial score (nSPS) is 11.9. The highest BCUT2D eigenvalue weighted by molar-refractivity contribution is 9.10. The molecule has 86 valence electrons. The second kappa shape index (κ2) is 4.98. The van der Waals surface area contributed by atoms with Gasteiger partial charge in [-0.3, -0.25) is 9.59 Å². The summed E-state index contributed by atoms with van der Waals surface area (Å²) in [5, 5.41) is 11.5. The first-order chi connectivity index (χ1) is 7.41. The Labute approximate surface area is 101 Å². The van der Waals surface area contributed by atoms with Gasteiger partial charge in [0.25, 0.3) is 0 Å². The van der Waals surface area contributed by atoms with E-state index < -0.39 is 17.9 Å². The van der Waals surface area contributed by atoms with E-state index >= 15 is 0 Å². The molecule has 0 saturated carbocycles. The number of benzene rings is 1. The van der Waals surface area contributed by atoms with Gasteiger partial charge in [-0.05, 0) is 41.1 Å². The zero-order valence-electron chi connectivity index (χ0n) is 8.53. The Bertz CT molecular complexity index is 434. The lowest BCUT2D eigenvalue weighted by Gasteiger charge is -2.12. The molecule has 0 bridgehead atoms. The van der Waals surface area contributed by atoms with Crippen LogP contribution in [-0.4, -0.2) is 23.0 Å². The van der Waals surface area contributed by atoms with E-state index in [0.717, 1.165) is 0 Å². The zero-order chi connectivity index (χ0) is 12.3. The summed E-state index contributed by atoms with van der Waals surface area (Å²) in [5.41, 5.74) is 6.07. The molecule has 1 rings (SSSR count). The maximum atomic E-state index is 10.9. The number of hydrogen-bond acceptors (Lipinski definition) is 3. The number of carbonyl (C=O) groups excluding carboxylic acids is 1. The highest BCUT2D eigenvalue weighted by Crippen LogP contribution is 2.24. The summed E-state index contributed by atoms with van der Waals surface area (Å²) >= 11 is 3.23. The summed E-state index contributed by atoms with van der Waals surface area (Å²) in [6.45, 7) is 1.52. The Morgan fingerprint density at radius 2 is 2.12 bits per heavy atom. The van der Waals surface area contributed by atoms with Gasteiger partial charge < -0.3 is 16.2 Å². The van der Waals surface area contributed by atoms with Gasteiger partial charge in [-0.2, -0.15) is 0 Å². The number of aliphatic carboxylic acids is 1. The first-order valence-corrected chi connectivity index (χ1v) is 5.30. The third kappa shape index (κ3) is 2.96. The molecule has 1 atom stereocenters. The number of nitrogens with one attached hydrogen (secondary N) is 1. The summed E-state index contributed by atoms with van der Waals surface area (Å²) in [5.74, 6) is -1.48. The number of halogens is 1. The van der Waals surface area contributed by atoms with Crippen molar-refractivity contribution in [1.29, 1.82) is 0 Å². The fraction of sp³-hybridized carbons (Fsp3) is 0.200. The Hall–Kier alpha value is -1.56. The average Bonchev–Trinajstić information content (AvgIpc) is 2.20. The van der Waals surface area contributed by atoms with Crippen molar-refractivity contribution in [1.82, 2.24) is 0 Å². The van der Waals surface area contributed by atoms with Crippen molar-refractivity contribution >= 4 is 33.5 Å². The van der Waals surface area contributed by atoms with E-state index in [2.05, 4.69) is 21.2 Å². The third-order valence-corrected chi connectivity index (χ3v) is 2.65. The highest BCUT2D eigenvalue weighted by atomic mass is 79.9. The highest BCUT2D eigenvalue weighted by Gasteiger charge is 2.12. The van der Waals surface area contributed by atoms with Crippen molar-refractivity contribution in [2.24, 2.45) is 5.73 Å². The second-order valence-corrected chi connectivity index (χ2v) is 4.12. The number of anilines is 1. The van der Waals surface area contributed by atoms with E-state index in [1.54, 1.807) is 12.1 Å². The number of primary amides is 1. The SMILES string of the molecule is CC(Nc1ccc(C(N)=O)cc1Br)C(=O)O. The average molecular weight is 287 g/mol. The Morgan fingerprint density at radius 1 is 1.50 bits per heavy atom. The van der Waals surface area contributed by atoms with Crippen LogP contribution in [0.2, 0.25) is 0 Å². The molecule has 0 fully saturated rings. The molecule has 0 spiro atoms. The Kier molecular flexibility index (Phi) is 3.89. The smallest absolute Gasteiger partial charge is 0.325 e. The largest absolute Gasteiger partial charge is 0.480 e. The van der Waals surface area contributed by atoms with Crippen LogP contribution in [0.1, 0.15) is 17.3 Å². The van der Waals surface area contributed by atoms with E-state index in [0.29, 0.717) is 15.7 Å². The van der Waals surface area contributed by atoms with Crippen LogP contribution < -0.4 is 11.1 Å². The Morgan fingerprint density at radius 3 is 2.56 bits per heavy atom. The molecule has 0 aliphatic heterocycles. The van der Waals surface area contributed by atoms with Crippen LogP contribution in [-0.2, 0) is 4.79 Å². The van der Waals surface area contributed by atoms with Crippen molar-refractivity contribution in [3.05, 3.63) is 28.2 Å². The summed E-state index contributed by atoms with van der Waals surface area (Å²) in [6, 6.07) is 3.96. The number of nitrogens with two attached hydrogens (primary N) is 1. The molecular weight excluding hydrogens is 276 g/mol. The minimum Gasteiger partial charge on any atom is -0.480 e. The van der Waals surface area contributed by atoms with Crippen LogP contribution >= 0.6 is 15.9 Å². The van der Waals surface area contributed by atoms with Gasteiger partial charge in [-0.25, -0.2) is 0 Å². The fourth-order valence-electron chi connectivity index (χ4n) is 1.08. The predicted octanol–water partition coefficient (Wildman–Crippen LogP) is 1.43. The van der Waals surface area contributed by atoms with Gasteiger partial charge in [0, 0.05) is 15.7 Å². The van der Waals surface area contributed by atoms with Crippen molar-refractivity contribution in [3.63, 3.8) is 0 Å². The summed E-state index contributed by atoms with van der Waals surface area (Å²) in [4.78, 5) is 21.5. The molecule has 0 saturated heterocycles. The number of hydrogen-bond donors (Lipinski definition) is 3. The van der Waals surface area contributed by atoms with E-state index in [4.69, 9.17) is 10.8 Å². The van der Waals surface area contributed by atoms with Crippen LogP contribution in [0.4, 0.5) is 5.69 Å². The molecule has 1 amide bonds. The number of rotatable bonds is 4. The lowest BCUT2D eigenvalue weighted by Crippen LogP contribution is -2.25. The van der Waals surface area contributed by atoms with E-state index in [1.807, 2.05) is 0 Å². The van der Waals surface area contributed by atoms with E-state index in [1.165, 1.54) is 13.0 Å². The summed E-state index contributed by atoms with van der Waals surface area (Å²) in [7, 11) is 0. The number of carboxylic acid groups (broad SMARTS) is 1. The topological polar surface area (TPSA) is 92.4 Å². The van der Waals surface area contributed by atoms with Gasteiger partial charge >= 0.3 is 5.97 Å². The first kappa shape index (κ1) is 12.5. The quantitative estimate of drug-likeness (QED) is 0.781. The fourth-order valence-corrected chi connectivity index (χ4v) is 1.57. The standard InChI is InChI=1S/C10H11BrN2O3/c1-5(10(15)16)13-8-3-2-6(9(12)14)4-7(8)11/h2-5,13H,1H3,(H2,12,14)(H,15,16). The molecule has 4 N–H and O–H groups in total. The van der Waals surface area contributed by atoms with Crippen molar-refractivity contribution < 1.29 is 14.7 Å². The van der Waals surface area contributed by atoms with Crippen LogP contribution in [0, 0.1) is 0 Å². The van der Waals surface area contributed by atoms with Gasteiger partial charge in [0.1, 0.15) is 6.04 Å². The molecule has 1 unspecified atom stereocenters.